The molecule has 3 aromatic carbocycles. The first-order valence-electron chi connectivity index (χ1n) is 10.2. The summed E-state index contributed by atoms with van der Waals surface area (Å²) >= 11 is 0. The minimum absolute atomic E-state index is 0.144. The van der Waals surface area contributed by atoms with Gasteiger partial charge in [-0.25, -0.2) is 4.39 Å². The number of nitrogens with one attached hydrogen (secondary N) is 1. The Hall–Kier alpha value is -4.18. The van der Waals surface area contributed by atoms with Gasteiger partial charge in [-0.2, -0.15) is 5.26 Å². The number of carbonyl (C=O) groups is 2. The Morgan fingerprint density at radius 2 is 1.88 bits per heavy atom. The minimum atomic E-state index is -0.344. The summed E-state index contributed by atoms with van der Waals surface area (Å²) in [7, 11) is 0. The maximum atomic E-state index is 13.4. The third kappa shape index (κ3) is 3.56. The number of hydrogen-bond donors (Lipinski definition) is 1. The molecular weight excluding hydrogens is 409 g/mol. The molecule has 1 fully saturated rings. The van der Waals surface area contributed by atoms with Crippen LogP contribution in [-0.4, -0.2) is 35.9 Å². The van der Waals surface area contributed by atoms with Crippen LogP contribution in [0.2, 0.25) is 0 Å². The molecule has 0 bridgehead atoms. The predicted molar refractivity (Wildman–Crippen MR) is 114 cm³/mol. The summed E-state index contributed by atoms with van der Waals surface area (Å²) in [5, 5.41) is 11.8. The monoisotopic (exact) mass is 427 g/mol. The topological polar surface area (TPSA) is 82.4 Å². The molecular formula is C25H18FN3O3. The molecule has 2 amide bonds. The third-order valence-corrected chi connectivity index (χ3v) is 5.71. The van der Waals surface area contributed by atoms with E-state index < -0.39 is 0 Å². The highest BCUT2D eigenvalue weighted by molar-refractivity contribution is 6.00. The molecule has 1 N–H and O–H groups in total. The molecule has 2 aliphatic rings. The molecule has 1 saturated heterocycles. The molecule has 6 nitrogen and oxygen atoms in total. The molecule has 0 aromatic heterocycles. The zero-order chi connectivity index (χ0) is 22.2. The van der Waals surface area contributed by atoms with Crippen LogP contribution in [0.5, 0.6) is 5.75 Å². The molecule has 0 spiro atoms. The normalized spacial score (nSPS) is 14.9. The van der Waals surface area contributed by atoms with Crippen LogP contribution in [0, 0.1) is 17.1 Å². The SMILES string of the molecule is N#Cc1cccc(C(=O)N2CC(Oc3cc4c(cc3-c3ccc(F)cc3)C(=O)NC4)C2)c1. The average Bonchev–Trinajstić information content (AvgIpc) is 3.15. The second kappa shape index (κ2) is 7.82. The summed E-state index contributed by atoms with van der Waals surface area (Å²) in [4.78, 5) is 26.5. The maximum absolute atomic E-state index is 13.4. The number of amides is 2. The van der Waals surface area contributed by atoms with Gasteiger partial charge in [-0.15, -0.1) is 0 Å². The molecule has 0 unspecified atom stereocenters. The van der Waals surface area contributed by atoms with E-state index in [-0.39, 0.29) is 23.7 Å². The van der Waals surface area contributed by atoms with Gasteiger partial charge in [0.25, 0.3) is 11.8 Å². The highest BCUT2D eigenvalue weighted by Crippen LogP contribution is 2.36. The molecule has 3 aromatic rings. The van der Waals surface area contributed by atoms with Crippen LogP contribution in [-0.2, 0) is 6.54 Å². The van der Waals surface area contributed by atoms with Crippen molar-refractivity contribution in [2.24, 2.45) is 0 Å². The number of carbonyl (C=O) groups excluding carboxylic acids is 2. The first-order valence-corrected chi connectivity index (χ1v) is 10.2. The van der Waals surface area contributed by atoms with Gasteiger partial charge in [-0.05, 0) is 53.6 Å². The van der Waals surface area contributed by atoms with Gasteiger partial charge in [0, 0.05) is 23.2 Å². The summed E-state index contributed by atoms with van der Waals surface area (Å²) in [6.45, 7) is 1.25. The third-order valence-electron chi connectivity index (χ3n) is 5.71. The molecule has 0 saturated carbocycles. The molecule has 0 radical (unpaired) electrons. The zero-order valence-corrected chi connectivity index (χ0v) is 17.0. The van der Waals surface area contributed by atoms with Crippen LogP contribution < -0.4 is 10.1 Å². The maximum Gasteiger partial charge on any atom is 0.254 e. The number of nitrogens with zero attached hydrogens (tertiary/aromatic N) is 2. The van der Waals surface area contributed by atoms with Crippen LogP contribution in [0.3, 0.4) is 0 Å². The fraction of sp³-hybridized carbons (Fsp3) is 0.160. The molecule has 2 heterocycles. The molecule has 5 rings (SSSR count). The first kappa shape index (κ1) is 19.8. The quantitative estimate of drug-likeness (QED) is 0.691. The van der Waals surface area contributed by atoms with Gasteiger partial charge in [0.05, 0.1) is 24.7 Å². The Kier molecular flexibility index (Phi) is 4.83. The van der Waals surface area contributed by atoms with Gasteiger partial charge in [-0.1, -0.05) is 18.2 Å². The van der Waals surface area contributed by atoms with Crippen molar-refractivity contribution in [2.45, 2.75) is 12.6 Å². The Morgan fingerprint density at radius 1 is 1.09 bits per heavy atom. The van der Waals surface area contributed by atoms with E-state index >= 15 is 0 Å². The highest BCUT2D eigenvalue weighted by atomic mass is 19.1. The fourth-order valence-corrected chi connectivity index (χ4v) is 3.97. The average molecular weight is 427 g/mol. The van der Waals surface area contributed by atoms with E-state index in [1.165, 1.54) is 12.1 Å². The van der Waals surface area contributed by atoms with Gasteiger partial charge < -0.3 is 15.0 Å². The van der Waals surface area contributed by atoms with E-state index in [1.807, 2.05) is 12.1 Å². The number of likely N-dealkylation sites (tertiary alicyclic amines) is 1. The van der Waals surface area contributed by atoms with Crippen molar-refractivity contribution >= 4 is 11.8 Å². The van der Waals surface area contributed by atoms with Crippen molar-refractivity contribution in [3.8, 4) is 22.9 Å². The van der Waals surface area contributed by atoms with Gasteiger partial charge in [-0.3, -0.25) is 9.59 Å². The predicted octanol–water partition coefficient (Wildman–Crippen LogP) is 3.51. The number of nitriles is 1. The molecule has 7 heteroatoms. The van der Waals surface area contributed by atoms with Crippen molar-refractivity contribution in [2.75, 3.05) is 13.1 Å². The lowest BCUT2D eigenvalue weighted by Crippen LogP contribution is -2.56. The van der Waals surface area contributed by atoms with Crippen molar-refractivity contribution in [1.82, 2.24) is 10.2 Å². The van der Waals surface area contributed by atoms with Gasteiger partial charge >= 0.3 is 0 Å². The summed E-state index contributed by atoms with van der Waals surface area (Å²) in [5.74, 6) is -0.0430. The first-order chi connectivity index (χ1) is 15.5. The van der Waals surface area contributed by atoms with Gasteiger partial charge in [0.1, 0.15) is 17.7 Å². The van der Waals surface area contributed by atoms with E-state index in [4.69, 9.17) is 10.00 Å². The lowest BCUT2D eigenvalue weighted by molar-refractivity contribution is 0.0180. The van der Waals surface area contributed by atoms with E-state index in [9.17, 15) is 14.0 Å². The minimum Gasteiger partial charge on any atom is -0.486 e. The Labute approximate surface area is 183 Å². The number of rotatable bonds is 4. The smallest absolute Gasteiger partial charge is 0.254 e. The lowest BCUT2D eigenvalue weighted by Gasteiger charge is -2.39. The Bertz CT molecular complexity index is 1270. The van der Waals surface area contributed by atoms with E-state index in [0.29, 0.717) is 47.6 Å². The van der Waals surface area contributed by atoms with Crippen LogP contribution in [0.25, 0.3) is 11.1 Å². The summed E-state index contributed by atoms with van der Waals surface area (Å²) in [5.41, 5.74) is 3.78. The van der Waals surface area contributed by atoms with Crippen molar-refractivity contribution in [1.29, 1.82) is 5.26 Å². The number of ether oxygens (including phenoxy) is 1. The van der Waals surface area contributed by atoms with E-state index in [1.54, 1.807) is 47.4 Å². The molecule has 0 atom stereocenters. The Morgan fingerprint density at radius 3 is 2.62 bits per heavy atom. The summed E-state index contributed by atoms with van der Waals surface area (Å²) in [6, 6.07) is 18.3. The van der Waals surface area contributed by atoms with E-state index in [2.05, 4.69) is 5.32 Å². The van der Waals surface area contributed by atoms with Crippen molar-refractivity contribution in [3.63, 3.8) is 0 Å². The fourth-order valence-electron chi connectivity index (χ4n) is 3.97. The summed E-state index contributed by atoms with van der Waals surface area (Å²) in [6.07, 6.45) is -0.208. The van der Waals surface area contributed by atoms with Crippen LogP contribution in [0.15, 0.2) is 60.7 Å². The zero-order valence-electron chi connectivity index (χ0n) is 17.0. The van der Waals surface area contributed by atoms with Crippen LogP contribution >= 0.6 is 0 Å². The summed E-state index contributed by atoms with van der Waals surface area (Å²) < 4.78 is 19.6. The highest BCUT2D eigenvalue weighted by Gasteiger charge is 2.34. The molecule has 32 heavy (non-hydrogen) atoms. The van der Waals surface area contributed by atoms with Crippen molar-refractivity contribution in [3.05, 3.63) is 88.7 Å². The number of halogens is 1. The van der Waals surface area contributed by atoms with Gasteiger partial charge in [0.2, 0.25) is 0 Å². The van der Waals surface area contributed by atoms with Crippen LogP contribution in [0.4, 0.5) is 4.39 Å². The van der Waals surface area contributed by atoms with E-state index in [0.717, 1.165) is 11.1 Å². The second-order valence-corrected chi connectivity index (χ2v) is 7.84. The molecule has 2 aliphatic heterocycles. The number of fused-ring (bicyclic) bond motifs is 1. The van der Waals surface area contributed by atoms with Crippen molar-refractivity contribution < 1.29 is 18.7 Å². The lowest BCUT2D eigenvalue weighted by atomic mass is 9.98. The molecule has 0 aliphatic carbocycles. The van der Waals surface area contributed by atoms with Gasteiger partial charge in [0.15, 0.2) is 0 Å². The largest absolute Gasteiger partial charge is 0.486 e. The second-order valence-electron chi connectivity index (χ2n) is 7.84. The number of benzene rings is 3. The van der Waals surface area contributed by atoms with Crippen LogP contribution in [0.1, 0.15) is 31.8 Å². The standard InChI is InChI=1S/C25H18FN3O3/c26-19-6-4-16(5-7-19)21-10-22-18(12-28-24(22)30)9-23(21)32-20-13-29(14-20)25(31)17-3-1-2-15(8-17)11-27/h1-10,20H,12-14H2,(H,28,30). The number of hydrogen-bond acceptors (Lipinski definition) is 4. The Balaban J connectivity index is 1.36. The molecule has 158 valence electrons.